The first kappa shape index (κ1) is 14.6. The number of hydrazine groups is 1. The van der Waals surface area contributed by atoms with Gasteiger partial charge < -0.3 is 0 Å². The van der Waals surface area contributed by atoms with Crippen LogP contribution in [-0.4, -0.2) is 0 Å². The van der Waals surface area contributed by atoms with E-state index in [1.807, 2.05) is 0 Å². The van der Waals surface area contributed by atoms with E-state index < -0.39 is 0 Å². The van der Waals surface area contributed by atoms with E-state index in [4.69, 9.17) is 5.84 Å². The van der Waals surface area contributed by atoms with Crippen molar-refractivity contribution >= 4 is 15.9 Å². The number of nitrogens with one attached hydrogen (secondary N) is 1. The molecule has 0 bridgehead atoms. The van der Waals surface area contributed by atoms with Gasteiger partial charge in [0.15, 0.2) is 0 Å². The molecule has 0 aromatic heterocycles. The van der Waals surface area contributed by atoms with Gasteiger partial charge in [-0.3, -0.25) is 11.3 Å². The van der Waals surface area contributed by atoms with E-state index in [2.05, 4.69) is 28.3 Å². The van der Waals surface area contributed by atoms with Crippen molar-refractivity contribution in [3.05, 3.63) is 34.1 Å². The third kappa shape index (κ3) is 4.74. The Morgan fingerprint density at radius 3 is 2.76 bits per heavy atom. The molecule has 0 spiro atoms. The third-order valence-electron chi connectivity index (χ3n) is 2.88. The maximum Gasteiger partial charge on any atom is 0.128 e. The number of nitrogens with two attached hydrogens (primary N) is 1. The maximum absolute atomic E-state index is 13.7. The molecule has 1 unspecified atom stereocenters. The second-order valence-electron chi connectivity index (χ2n) is 4.23. The molecule has 0 saturated carbocycles. The fraction of sp³-hybridized carbons (Fsp3) is 0.538. The van der Waals surface area contributed by atoms with E-state index in [0.29, 0.717) is 5.56 Å². The van der Waals surface area contributed by atoms with Crippen LogP contribution in [0.25, 0.3) is 0 Å². The van der Waals surface area contributed by atoms with E-state index in [-0.39, 0.29) is 11.9 Å². The van der Waals surface area contributed by atoms with E-state index in [1.165, 1.54) is 25.3 Å². The molecule has 0 fully saturated rings. The summed E-state index contributed by atoms with van der Waals surface area (Å²) in [6.07, 6.45) is 5.52. The second-order valence-corrected chi connectivity index (χ2v) is 5.15. The predicted octanol–water partition coefficient (Wildman–Crippen LogP) is 4.06. The minimum Gasteiger partial charge on any atom is -0.271 e. The van der Waals surface area contributed by atoms with Gasteiger partial charge >= 0.3 is 0 Å². The minimum absolute atomic E-state index is 0.107. The Balaban J connectivity index is 2.62. The lowest BCUT2D eigenvalue weighted by molar-refractivity contribution is 0.460. The highest BCUT2D eigenvalue weighted by molar-refractivity contribution is 9.10. The smallest absolute Gasteiger partial charge is 0.128 e. The molecule has 0 heterocycles. The van der Waals surface area contributed by atoms with Gasteiger partial charge in [-0.25, -0.2) is 4.39 Å². The van der Waals surface area contributed by atoms with Crippen molar-refractivity contribution in [1.29, 1.82) is 0 Å². The summed E-state index contributed by atoms with van der Waals surface area (Å²) in [6.45, 7) is 2.17. The first-order valence-corrected chi connectivity index (χ1v) is 6.89. The van der Waals surface area contributed by atoms with Crippen LogP contribution in [0, 0.1) is 5.82 Å². The first-order chi connectivity index (χ1) is 8.19. The number of halogens is 2. The van der Waals surface area contributed by atoms with E-state index in [1.54, 1.807) is 12.1 Å². The zero-order chi connectivity index (χ0) is 12.7. The summed E-state index contributed by atoms with van der Waals surface area (Å²) in [5.74, 6) is 5.30. The van der Waals surface area contributed by atoms with Crippen LogP contribution >= 0.6 is 15.9 Å². The topological polar surface area (TPSA) is 38.0 Å². The number of hydrogen-bond donors (Lipinski definition) is 2. The van der Waals surface area contributed by atoms with E-state index >= 15 is 0 Å². The SMILES string of the molecule is CCCCCCC(NN)c1cc(Br)ccc1F. The second kappa shape index (κ2) is 7.80. The summed E-state index contributed by atoms with van der Waals surface area (Å²) in [5, 5.41) is 0. The van der Waals surface area contributed by atoms with Gasteiger partial charge in [-0.1, -0.05) is 48.5 Å². The van der Waals surface area contributed by atoms with Gasteiger partial charge in [-0.05, 0) is 24.6 Å². The number of unbranched alkanes of at least 4 members (excludes halogenated alkanes) is 3. The summed E-state index contributed by atoms with van der Waals surface area (Å²) in [6, 6.07) is 4.85. The van der Waals surface area contributed by atoms with E-state index in [0.717, 1.165) is 17.3 Å². The minimum atomic E-state index is -0.202. The fourth-order valence-electron chi connectivity index (χ4n) is 1.89. The van der Waals surface area contributed by atoms with E-state index in [9.17, 15) is 4.39 Å². The maximum atomic E-state index is 13.7. The normalized spacial score (nSPS) is 12.7. The van der Waals surface area contributed by atoms with Crippen molar-refractivity contribution in [3.8, 4) is 0 Å². The Labute approximate surface area is 111 Å². The Hall–Kier alpha value is -0.450. The molecule has 3 N–H and O–H groups in total. The lowest BCUT2D eigenvalue weighted by atomic mass is 10.00. The molecular weight excluding hydrogens is 283 g/mol. The average molecular weight is 303 g/mol. The third-order valence-corrected chi connectivity index (χ3v) is 3.37. The van der Waals surface area contributed by atoms with Gasteiger partial charge in [-0.2, -0.15) is 0 Å². The highest BCUT2D eigenvalue weighted by Gasteiger charge is 2.14. The van der Waals surface area contributed by atoms with Crippen molar-refractivity contribution in [2.45, 2.75) is 45.1 Å². The summed E-state index contributed by atoms with van der Waals surface area (Å²) in [7, 11) is 0. The van der Waals surface area contributed by atoms with Crippen molar-refractivity contribution in [2.75, 3.05) is 0 Å². The lowest BCUT2D eigenvalue weighted by Gasteiger charge is -2.17. The standard InChI is InChI=1S/C13H20BrFN2/c1-2-3-4-5-6-13(17-16)11-9-10(14)7-8-12(11)15/h7-9,13,17H,2-6,16H2,1H3. The molecule has 2 nitrogen and oxygen atoms in total. The lowest BCUT2D eigenvalue weighted by Crippen LogP contribution is -2.28. The van der Waals surface area contributed by atoms with Crippen LogP contribution in [0.4, 0.5) is 4.39 Å². The molecule has 0 saturated heterocycles. The Kier molecular flexibility index (Phi) is 6.70. The van der Waals surface area contributed by atoms with Crippen molar-refractivity contribution in [2.24, 2.45) is 5.84 Å². The fourth-order valence-corrected chi connectivity index (χ4v) is 2.26. The molecule has 1 rings (SSSR count). The predicted molar refractivity (Wildman–Crippen MR) is 72.9 cm³/mol. The Morgan fingerprint density at radius 1 is 1.35 bits per heavy atom. The highest BCUT2D eigenvalue weighted by atomic mass is 79.9. The molecule has 0 aliphatic carbocycles. The average Bonchev–Trinajstić information content (AvgIpc) is 2.33. The molecule has 96 valence electrons. The van der Waals surface area contributed by atoms with Gasteiger partial charge in [0, 0.05) is 16.1 Å². The first-order valence-electron chi connectivity index (χ1n) is 6.10. The van der Waals surface area contributed by atoms with Crippen molar-refractivity contribution < 1.29 is 4.39 Å². The molecule has 0 aliphatic rings. The molecule has 1 aromatic rings. The summed E-state index contributed by atoms with van der Waals surface area (Å²) < 4.78 is 14.5. The summed E-state index contributed by atoms with van der Waals surface area (Å²) in [5.41, 5.74) is 3.34. The van der Waals surface area contributed by atoms with Crippen LogP contribution in [0.1, 0.15) is 50.6 Å². The van der Waals surface area contributed by atoms with Crippen molar-refractivity contribution in [1.82, 2.24) is 5.43 Å². The van der Waals surface area contributed by atoms with Gasteiger partial charge in [0.1, 0.15) is 5.82 Å². The summed E-state index contributed by atoms with van der Waals surface area (Å²) in [4.78, 5) is 0. The monoisotopic (exact) mass is 302 g/mol. The van der Waals surface area contributed by atoms with Crippen LogP contribution in [-0.2, 0) is 0 Å². The van der Waals surface area contributed by atoms with Crippen molar-refractivity contribution in [3.63, 3.8) is 0 Å². The van der Waals surface area contributed by atoms with Crippen LogP contribution in [0.2, 0.25) is 0 Å². The molecule has 4 heteroatoms. The quantitative estimate of drug-likeness (QED) is 0.453. The van der Waals surface area contributed by atoms with Gasteiger partial charge in [0.2, 0.25) is 0 Å². The van der Waals surface area contributed by atoms with Crippen LogP contribution in [0.15, 0.2) is 22.7 Å². The Bertz CT molecular complexity index is 344. The number of rotatable bonds is 7. The molecule has 17 heavy (non-hydrogen) atoms. The number of benzene rings is 1. The zero-order valence-electron chi connectivity index (χ0n) is 10.2. The largest absolute Gasteiger partial charge is 0.271 e. The van der Waals surface area contributed by atoms with Crippen LogP contribution < -0.4 is 11.3 Å². The zero-order valence-corrected chi connectivity index (χ0v) is 11.8. The molecule has 0 amide bonds. The molecule has 1 atom stereocenters. The van der Waals surface area contributed by atoms with Gasteiger partial charge in [-0.15, -0.1) is 0 Å². The summed E-state index contributed by atoms with van der Waals surface area (Å²) >= 11 is 3.35. The molecular formula is C13H20BrFN2. The highest BCUT2D eigenvalue weighted by Crippen LogP contribution is 2.25. The Morgan fingerprint density at radius 2 is 2.12 bits per heavy atom. The van der Waals surface area contributed by atoms with Crippen LogP contribution in [0.3, 0.4) is 0 Å². The van der Waals surface area contributed by atoms with Gasteiger partial charge in [0.25, 0.3) is 0 Å². The van der Waals surface area contributed by atoms with Gasteiger partial charge in [0.05, 0.1) is 0 Å². The number of hydrogen-bond acceptors (Lipinski definition) is 2. The molecule has 1 aromatic carbocycles. The van der Waals surface area contributed by atoms with Crippen LogP contribution in [0.5, 0.6) is 0 Å². The molecule has 0 aliphatic heterocycles. The molecule has 0 radical (unpaired) electrons.